The molecule has 1 aliphatic heterocycles. The van der Waals surface area contributed by atoms with Gasteiger partial charge in [0.15, 0.2) is 0 Å². The van der Waals surface area contributed by atoms with Crippen LogP contribution >= 0.6 is 0 Å². The highest BCUT2D eigenvalue weighted by Gasteiger charge is 2.41. The second-order valence-corrected chi connectivity index (χ2v) is 4.38. The summed E-state index contributed by atoms with van der Waals surface area (Å²) >= 11 is 0. The Morgan fingerprint density at radius 1 is 1.38 bits per heavy atom. The van der Waals surface area contributed by atoms with Gasteiger partial charge in [-0.3, -0.25) is 4.79 Å². The first-order chi connectivity index (χ1) is 6.18. The lowest BCUT2D eigenvalue weighted by Crippen LogP contribution is -2.41. The second-order valence-electron chi connectivity index (χ2n) is 4.38. The molecule has 0 aromatic carbocycles. The first-order valence-corrected chi connectivity index (χ1v) is 5.15. The molecule has 0 spiro atoms. The fourth-order valence-corrected chi connectivity index (χ4v) is 1.99. The Morgan fingerprint density at radius 2 is 1.92 bits per heavy atom. The van der Waals surface area contributed by atoms with Crippen molar-refractivity contribution >= 4 is 5.91 Å². The van der Waals surface area contributed by atoms with E-state index in [0.717, 1.165) is 32.4 Å². The molecule has 3 heteroatoms. The Balaban J connectivity index is 1.84. The standard InChI is InChI=1S/C10H17NO2/c1-7-6-9(7)10(13)11-4-2-8(12)3-5-11/h7-9,12H,2-6H2,1H3/t7-,9-/m0/s1. The van der Waals surface area contributed by atoms with Gasteiger partial charge in [-0.15, -0.1) is 0 Å². The minimum absolute atomic E-state index is 0.180. The lowest BCUT2D eigenvalue weighted by atomic mass is 10.1. The van der Waals surface area contributed by atoms with Crippen molar-refractivity contribution in [2.24, 2.45) is 11.8 Å². The monoisotopic (exact) mass is 183 g/mol. The van der Waals surface area contributed by atoms with Gasteiger partial charge in [-0.2, -0.15) is 0 Å². The Kier molecular flexibility index (Phi) is 2.28. The van der Waals surface area contributed by atoms with Crippen LogP contribution in [0.1, 0.15) is 26.2 Å². The van der Waals surface area contributed by atoms with Crippen molar-refractivity contribution in [3.05, 3.63) is 0 Å². The fourth-order valence-electron chi connectivity index (χ4n) is 1.99. The molecule has 2 rings (SSSR count). The smallest absolute Gasteiger partial charge is 0.225 e. The van der Waals surface area contributed by atoms with Crippen molar-refractivity contribution in [2.75, 3.05) is 13.1 Å². The summed E-state index contributed by atoms with van der Waals surface area (Å²) in [4.78, 5) is 13.6. The lowest BCUT2D eigenvalue weighted by molar-refractivity contribution is -0.134. The van der Waals surface area contributed by atoms with Crippen molar-refractivity contribution in [2.45, 2.75) is 32.3 Å². The highest BCUT2D eigenvalue weighted by atomic mass is 16.3. The van der Waals surface area contributed by atoms with E-state index in [0.29, 0.717) is 17.7 Å². The minimum atomic E-state index is -0.180. The van der Waals surface area contributed by atoms with E-state index in [1.165, 1.54) is 0 Å². The maximum absolute atomic E-state index is 11.7. The van der Waals surface area contributed by atoms with Crippen molar-refractivity contribution in [3.8, 4) is 0 Å². The summed E-state index contributed by atoms with van der Waals surface area (Å²) in [7, 11) is 0. The van der Waals surface area contributed by atoms with Crippen LogP contribution in [0.4, 0.5) is 0 Å². The quantitative estimate of drug-likeness (QED) is 0.647. The van der Waals surface area contributed by atoms with Gasteiger partial charge in [0.05, 0.1) is 6.10 Å². The number of carbonyl (C=O) groups is 1. The molecule has 74 valence electrons. The maximum atomic E-state index is 11.7. The van der Waals surface area contributed by atoms with Crippen molar-refractivity contribution in [1.29, 1.82) is 0 Å². The summed E-state index contributed by atoms with van der Waals surface area (Å²) in [5.41, 5.74) is 0. The van der Waals surface area contributed by atoms with Crippen molar-refractivity contribution in [3.63, 3.8) is 0 Å². The molecule has 0 unspecified atom stereocenters. The van der Waals surface area contributed by atoms with Crippen molar-refractivity contribution in [1.82, 2.24) is 4.90 Å². The van der Waals surface area contributed by atoms with Crippen LogP contribution < -0.4 is 0 Å². The second kappa shape index (κ2) is 3.29. The van der Waals surface area contributed by atoms with E-state index < -0.39 is 0 Å². The molecule has 1 amide bonds. The normalized spacial score (nSPS) is 34.8. The molecule has 1 saturated carbocycles. The zero-order chi connectivity index (χ0) is 9.42. The third-order valence-corrected chi connectivity index (χ3v) is 3.20. The number of rotatable bonds is 1. The largest absolute Gasteiger partial charge is 0.393 e. The van der Waals surface area contributed by atoms with Gasteiger partial charge in [0.1, 0.15) is 0 Å². The molecule has 0 aromatic rings. The lowest BCUT2D eigenvalue weighted by Gasteiger charge is -2.29. The number of hydrogen-bond donors (Lipinski definition) is 1. The summed E-state index contributed by atoms with van der Waals surface area (Å²) in [6.45, 7) is 3.63. The first kappa shape index (κ1) is 9.00. The zero-order valence-electron chi connectivity index (χ0n) is 8.07. The maximum Gasteiger partial charge on any atom is 0.225 e. The van der Waals surface area contributed by atoms with Crippen LogP contribution in [-0.4, -0.2) is 35.1 Å². The highest BCUT2D eigenvalue weighted by molar-refractivity contribution is 5.81. The van der Waals surface area contributed by atoms with Crippen LogP contribution in [-0.2, 0) is 4.79 Å². The molecule has 3 nitrogen and oxygen atoms in total. The summed E-state index contributed by atoms with van der Waals surface area (Å²) in [6.07, 6.45) is 2.40. The topological polar surface area (TPSA) is 40.5 Å². The van der Waals surface area contributed by atoms with Gasteiger partial charge in [0.25, 0.3) is 0 Å². The summed E-state index contributed by atoms with van der Waals surface area (Å²) in [5, 5.41) is 9.28. The van der Waals surface area contributed by atoms with Crippen LogP contribution in [0.15, 0.2) is 0 Å². The van der Waals surface area contributed by atoms with Crippen LogP contribution in [0.2, 0.25) is 0 Å². The number of hydrogen-bond acceptors (Lipinski definition) is 2. The predicted octanol–water partition coefficient (Wildman–Crippen LogP) is 0.626. The summed E-state index contributed by atoms with van der Waals surface area (Å²) < 4.78 is 0. The Labute approximate surface area is 78.7 Å². The van der Waals surface area contributed by atoms with E-state index in [-0.39, 0.29) is 6.10 Å². The number of aliphatic hydroxyl groups excluding tert-OH is 1. The average molecular weight is 183 g/mol. The van der Waals surface area contributed by atoms with Gasteiger partial charge in [0, 0.05) is 19.0 Å². The van der Waals surface area contributed by atoms with Gasteiger partial charge in [-0.1, -0.05) is 6.92 Å². The Hall–Kier alpha value is -0.570. The minimum Gasteiger partial charge on any atom is -0.393 e. The summed E-state index contributed by atoms with van der Waals surface area (Å²) in [6, 6.07) is 0. The number of piperidine rings is 1. The SMILES string of the molecule is C[C@H]1C[C@@H]1C(=O)N1CCC(O)CC1. The molecule has 1 saturated heterocycles. The van der Waals surface area contributed by atoms with Gasteiger partial charge in [-0.25, -0.2) is 0 Å². The van der Waals surface area contributed by atoms with Gasteiger partial charge >= 0.3 is 0 Å². The van der Waals surface area contributed by atoms with Crippen LogP contribution in [0.25, 0.3) is 0 Å². The molecule has 1 N–H and O–H groups in total. The van der Waals surface area contributed by atoms with E-state index in [2.05, 4.69) is 6.92 Å². The van der Waals surface area contributed by atoms with Gasteiger partial charge in [-0.05, 0) is 25.2 Å². The van der Waals surface area contributed by atoms with E-state index in [1.807, 2.05) is 4.90 Å². The number of aliphatic hydroxyl groups is 1. The van der Waals surface area contributed by atoms with E-state index in [4.69, 9.17) is 0 Å². The Bertz CT molecular complexity index is 209. The van der Waals surface area contributed by atoms with Gasteiger partial charge in [0.2, 0.25) is 5.91 Å². The molecular weight excluding hydrogens is 166 g/mol. The number of nitrogens with zero attached hydrogens (tertiary/aromatic N) is 1. The number of likely N-dealkylation sites (tertiary alicyclic amines) is 1. The molecule has 2 fully saturated rings. The van der Waals surface area contributed by atoms with Crippen molar-refractivity contribution < 1.29 is 9.90 Å². The Morgan fingerprint density at radius 3 is 2.38 bits per heavy atom. The van der Waals surface area contributed by atoms with Crippen LogP contribution in [0, 0.1) is 11.8 Å². The molecule has 2 atom stereocenters. The molecule has 0 radical (unpaired) electrons. The van der Waals surface area contributed by atoms with E-state index in [9.17, 15) is 9.90 Å². The van der Waals surface area contributed by atoms with E-state index in [1.54, 1.807) is 0 Å². The third kappa shape index (κ3) is 1.85. The van der Waals surface area contributed by atoms with Gasteiger partial charge < -0.3 is 10.0 Å². The molecule has 13 heavy (non-hydrogen) atoms. The molecule has 1 heterocycles. The predicted molar refractivity (Wildman–Crippen MR) is 49.1 cm³/mol. The van der Waals surface area contributed by atoms with Crippen LogP contribution in [0.3, 0.4) is 0 Å². The first-order valence-electron chi connectivity index (χ1n) is 5.15. The molecular formula is C10H17NO2. The fraction of sp³-hybridized carbons (Fsp3) is 0.900. The highest BCUT2D eigenvalue weighted by Crippen LogP contribution is 2.39. The number of amides is 1. The molecule has 1 aliphatic carbocycles. The summed E-state index contributed by atoms with van der Waals surface area (Å²) in [5.74, 6) is 1.22. The molecule has 0 bridgehead atoms. The van der Waals surface area contributed by atoms with E-state index >= 15 is 0 Å². The zero-order valence-corrected chi connectivity index (χ0v) is 8.07. The molecule has 2 aliphatic rings. The molecule has 0 aromatic heterocycles. The number of carbonyl (C=O) groups excluding carboxylic acids is 1. The third-order valence-electron chi connectivity index (χ3n) is 3.20. The van der Waals surface area contributed by atoms with Crippen LogP contribution in [0.5, 0.6) is 0 Å². The average Bonchev–Trinajstić information content (AvgIpc) is 2.83.